The fraction of sp³-hybridized carbons (Fsp3) is 0.462. The highest BCUT2D eigenvalue weighted by Gasteiger charge is 2.10. The number of aliphatic hydroxyl groups is 1. The first kappa shape index (κ1) is 13.6. The molecule has 0 aromatic carbocycles. The predicted octanol–water partition coefficient (Wildman–Crippen LogP) is 2.35. The zero-order valence-electron chi connectivity index (χ0n) is 10.1. The van der Waals surface area contributed by atoms with Gasteiger partial charge in [0.2, 0.25) is 5.91 Å². The smallest absolute Gasteiger partial charge is 0.244 e. The summed E-state index contributed by atoms with van der Waals surface area (Å²) in [6.45, 7) is 0.272. The summed E-state index contributed by atoms with van der Waals surface area (Å²) in [5.74, 6) is 2.12. The minimum Gasteiger partial charge on any atom is -0.387 e. The molecule has 0 spiro atoms. The number of hydrogen-bond acceptors (Lipinski definition) is 4. The normalized spacial score (nSPS) is 17.3. The summed E-state index contributed by atoms with van der Waals surface area (Å²) in [6.07, 6.45) is 3.09. The maximum atomic E-state index is 11.7. The number of rotatable bonds is 4. The number of allylic oxidation sites excluding steroid dienone is 1. The Bertz CT molecular complexity index is 407. The topological polar surface area (TPSA) is 49.3 Å². The summed E-state index contributed by atoms with van der Waals surface area (Å²) in [6, 6.07) is 1.87. The van der Waals surface area contributed by atoms with E-state index in [1.165, 1.54) is 5.57 Å². The van der Waals surface area contributed by atoms with E-state index in [2.05, 4.69) is 5.32 Å². The van der Waals surface area contributed by atoms with Crippen molar-refractivity contribution in [3.8, 4) is 0 Å². The van der Waals surface area contributed by atoms with Crippen molar-refractivity contribution in [2.24, 2.45) is 0 Å². The Morgan fingerprint density at radius 2 is 2.28 bits per heavy atom. The first-order valence-corrected chi connectivity index (χ1v) is 8.10. The van der Waals surface area contributed by atoms with Gasteiger partial charge in [0.05, 0.1) is 6.10 Å². The highest BCUT2D eigenvalue weighted by atomic mass is 32.2. The van der Waals surface area contributed by atoms with E-state index in [4.69, 9.17) is 0 Å². The third-order valence-electron chi connectivity index (χ3n) is 2.87. The summed E-state index contributed by atoms with van der Waals surface area (Å²) in [7, 11) is 0. The Hall–Kier alpha value is -0.780. The molecular weight excluding hydrogens is 266 g/mol. The molecule has 1 unspecified atom stereocenters. The molecule has 3 nitrogen and oxygen atoms in total. The average Bonchev–Trinajstić information content (AvgIpc) is 2.91. The number of nitrogens with one attached hydrogen (secondary N) is 1. The Morgan fingerprint density at radius 3 is 2.94 bits per heavy atom. The largest absolute Gasteiger partial charge is 0.387 e. The van der Waals surface area contributed by atoms with Gasteiger partial charge in [-0.25, -0.2) is 0 Å². The van der Waals surface area contributed by atoms with Crippen LogP contribution in [0, 0.1) is 0 Å². The van der Waals surface area contributed by atoms with Gasteiger partial charge in [-0.3, -0.25) is 4.79 Å². The zero-order chi connectivity index (χ0) is 12.8. The summed E-state index contributed by atoms with van der Waals surface area (Å²) in [5.41, 5.74) is 2.08. The fourth-order valence-electron chi connectivity index (χ4n) is 1.79. The summed E-state index contributed by atoms with van der Waals surface area (Å²) in [4.78, 5) is 11.7. The lowest BCUT2D eigenvalue weighted by atomic mass is 10.1. The molecule has 2 heterocycles. The number of carbonyl (C=O) groups is 1. The number of hydrogen-bond donors (Lipinski definition) is 2. The zero-order valence-corrected chi connectivity index (χ0v) is 11.7. The van der Waals surface area contributed by atoms with Crippen LogP contribution in [0.2, 0.25) is 0 Å². The highest BCUT2D eigenvalue weighted by Crippen LogP contribution is 2.21. The van der Waals surface area contributed by atoms with E-state index in [9.17, 15) is 9.90 Å². The van der Waals surface area contributed by atoms with Crippen LogP contribution in [0.25, 0.3) is 0 Å². The van der Waals surface area contributed by atoms with Crippen molar-refractivity contribution in [2.75, 3.05) is 18.1 Å². The molecule has 1 fully saturated rings. The molecule has 2 N–H and O–H groups in total. The molecule has 0 aliphatic carbocycles. The molecular formula is C13H17NO2S2. The maximum absolute atomic E-state index is 11.7. The van der Waals surface area contributed by atoms with Gasteiger partial charge in [-0.2, -0.15) is 23.1 Å². The van der Waals surface area contributed by atoms with Gasteiger partial charge < -0.3 is 10.4 Å². The van der Waals surface area contributed by atoms with Crippen molar-refractivity contribution in [2.45, 2.75) is 18.9 Å². The molecule has 0 saturated carbocycles. The Morgan fingerprint density at radius 1 is 1.50 bits per heavy atom. The molecule has 1 saturated heterocycles. The second-order valence-corrected chi connectivity index (χ2v) is 6.24. The van der Waals surface area contributed by atoms with Crippen LogP contribution >= 0.6 is 23.1 Å². The van der Waals surface area contributed by atoms with E-state index in [-0.39, 0.29) is 12.5 Å². The predicted molar refractivity (Wildman–Crippen MR) is 76.9 cm³/mol. The molecule has 18 heavy (non-hydrogen) atoms. The lowest BCUT2D eigenvalue weighted by Crippen LogP contribution is -2.27. The number of carbonyl (C=O) groups excluding carboxylic acids is 1. The highest BCUT2D eigenvalue weighted by molar-refractivity contribution is 7.99. The molecule has 1 aliphatic rings. The lowest BCUT2D eigenvalue weighted by Gasteiger charge is -2.13. The number of thiophene rings is 1. The second-order valence-electron chi connectivity index (χ2n) is 4.23. The van der Waals surface area contributed by atoms with Gasteiger partial charge in [0, 0.05) is 12.6 Å². The quantitative estimate of drug-likeness (QED) is 0.834. The van der Waals surface area contributed by atoms with Gasteiger partial charge in [-0.15, -0.1) is 0 Å². The maximum Gasteiger partial charge on any atom is 0.244 e. The van der Waals surface area contributed by atoms with E-state index < -0.39 is 6.10 Å². The molecule has 2 rings (SSSR count). The van der Waals surface area contributed by atoms with E-state index in [1.54, 1.807) is 17.4 Å². The Balaban J connectivity index is 1.77. The number of amides is 1. The average molecular weight is 283 g/mol. The van der Waals surface area contributed by atoms with Crippen molar-refractivity contribution in [3.05, 3.63) is 34.0 Å². The van der Waals surface area contributed by atoms with Gasteiger partial charge in [0.25, 0.3) is 0 Å². The molecule has 1 amide bonds. The third-order valence-corrected chi connectivity index (χ3v) is 4.55. The van der Waals surface area contributed by atoms with Crippen LogP contribution in [0.4, 0.5) is 0 Å². The summed E-state index contributed by atoms with van der Waals surface area (Å²) < 4.78 is 0. The molecule has 0 radical (unpaired) electrons. The van der Waals surface area contributed by atoms with Gasteiger partial charge in [-0.1, -0.05) is 5.57 Å². The lowest BCUT2D eigenvalue weighted by molar-refractivity contribution is -0.117. The van der Waals surface area contributed by atoms with Crippen molar-refractivity contribution >= 4 is 29.0 Å². The monoisotopic (exact) mass is 283 g/mol. The van der Waals surface area contributed by atoms with Crippen LogP contribution < -0.4 is 5.32 Å². The molecule has 5 heteroatoms. The molecule has 1 aliphatic heterocycles. The molecule has 1 aromatic rings. The number of thioether (sulfide) groups is 1. The Kier molecular flexibility index (Phi) is 5.28. The van der Waals surface area contributed by atoms with Crippen LogP contribution in [0.15, 0.2) is 28.5 Å². The van der Waals surface area contributed by atoms with Gasteiger partial charge >= 0.3 is 0 Å². The van der Waals surface area contributed by atoms with Crippen LogP contribution in [-0.4, -0.2) is 29.1 Å². The summed E-state index contributed by atoms with van der Waals surface area (Å²) in [5, 5.41) is 16.4. The van der Waals surface area contributed by atoms with Gasteiger partial charge in [0.1, 0.15) is 0 Å². The van der Waals surface area contributed by atoms with Gasteiger partial charge in [0.15, 0.2) is 0 Å². The first-order chi connectivity index (χ1) is 8.75. The van der Waals surface area contributed by atoms with Crippen molar-refractivity contribution < 1.29 is 9.90 Å². The standard InChI is InChI=1S/C13H17NO2S2/c15-12(11-3-6-18-9-11)8-14-13(16)7-10-1-4-17-5-2-10/h3,6-7,9,12,15H,1-2,4-5,8H2,(H,14,16). The van der Waals surface area contributed by atoms with E-state index in [0.29, 0.717) is 0 Å². The van der Waals surface area contributed by atoms with Crippen LogP contribution in [0.5, 0.6) is 0 Å². The first-order valence-electron chi connectivity index (χ1n) is 6.01. The van der Waals surface area contributed by atoms with Crippen LogP contribution in [0.3, 0.4) is 0 Å². The van der Waals surface area contributed by atoms with Crippen LogP contribution in [-0.2, 0) is 4.79 Å². The van der Waals surface area contributed by atoms with E-state index in [1.807, 2.05) is 28.6 Å². The Labute approximate surface area is 115 Å². The van der Waals surface area contributed by atoms with Crippen LogP contribution in [0.1, 0.15) is 24.5 Å². The molecule has 0 bridgehead atoms. The van der Waals surface area contributed by atoms with Gasteiger partial charge in [-0.05, 0) is 46.7 Å². The minimum atomic E-state index is -0.611. The molecule has 1 aromatic heterocycles. The molecule has 98 valence electrons. The third kappa shape index (κ3) is 4.15. The van der Waals surface area contributed by atoms with Crippen molar-refractivity contribution in [1.29, 1.82) is 0 Å². The van der Waals surface area contributed by atoms with E-state index >= 15 is 0 Å². The molecule has 1 atom stereocenters. The fourth-order valence-corrected chi connectivity index (χ4v) is 3.52. The second kappa shape index (κ2) is 6.97. The van der Waals surface area contributed by atoms with E-state index in [0.717, 1.165) is 29.9 Å². The SMILES string of the molecule is O=C(C=C1CCSCC1)NCC(O)c1ccsc1. The number of aliphatic hydroxyl groups excluding tert-OH is 1. The van der Waals surface area contributed by atoms with Crippen molar-refractivity contribution in [3.63, 3.8) is 0 Å². The van der Waals surface area contributed by atoms with Crippen molar-refractivity contribution in [1.82, 2.24) is 5.32 Å². The minimum absolute atomic E-state index is 0.0915. The summed E-state index contributed by atoms with van der Waals surface area (Å²) >= 11 is 3.47.